The number of hydrogen-bond acceptors (Lipinski definition) is 0. The smallest absolute Gasteiger partial charge is 0.0108 e. The molecule has 2 unspecified atom stereocenters. The maximum absolute atomic E-state index is 2.30. The van der Waals surface area contributed by atoms with E-state index in [-0.39, 0.29) is 0 Å². The molecule has 0 heterocycles. The number of fused-ring (bicyclic) bond motifs is 1. The van der Waals surface area contributed by atoms with Gasteiger partial charge in [-0.1, -0.05) is 54.5 Å². The quantitative estimate of drug-likeness (QED) is 0.566. The zero-order valence-electron chi connectivity index (χ0n) is 8.33. The van der Waals surface area contributed by atoms with Gasteiger partial charge < -0.3 is 0 Å². The Hall–Kier alpha value is -1.04. The Morgan fingerprint density at radius 2 is 1.85 bits per heavy atom. The maximum atomic E-state index is 2.30. The first-order valence-electron chi connectivity index (χ1n) is 5.05. The fraction of sp³-hybridized carbons (Fsp3) is 0.385. The summed E-state index contributed by atoms with van der Waals surface area (Å²) in [5.41, 5.74) is 3.08. The van der Waals surface area contributed by atoms with Crippen LogP contribution in [0.3, 0.4) is 0 Å². The Balaban J connectivity index is 2.35. The predicted octanol–water partition coefficient (Wildman–Crippen LogP) is 3.64. The highest BCUT2D eigenvalue weighted by atomic mass is 14.3. The van der Waals surface area contributed by atoms with Gasteiger partial charge in [-0.3, -0.25) is 0 Å². The van der Waals surface area contributed by atoms with Gasteiger partial charge >= 0.3 is 0 Å². The zero-order valence-corrected chi connectivity index (χ0v) is 8.33. The molecular formula is C13H16. The molecule has 0 nitrogen and oxygen atoms in total. The second-order valence-electron chi connectivity index (χ2n) is 3.83. The molecule has 2 aliphatic rings. The molecule has 0 saturated carbocycles. The lowest BCUT2D eigenvalue weighted by Crippen LogP contribution is -2.18. The van der Waals surface area contributed by atoms with Crippen molar-refractivity contribution in [2.45, 2.75) is 20.3 Å². The molecule has 0 radical (unpaired) electrons. The average Bonchev–Trinajstić information content (AvgIpc) is 2.17. The average molecular weight is 172 g/mol. The van der Waals surface area contributed by atoms with Crippen molar-refractivity contribution in [2.24, 2.45) is 11.8 Å². The van der Waals surface area contributed by atoms with Crippen molar-refractivity contribution < 1.29 is 0 Å². The van der Waals surface area contributed by atoms with Crippen LogP contribution in [-0.4, -0.2) is 0 Å². The lowest BCUT2D eigenvalue weighted by molar-refractivity contribution is 0.573. The molecule has 0 aromatic rings. The highest BCUT2D eigenvalue weighted by molar-refractivity contribution is 5.37. The molecule has 0 aromatic carbocycles. The maximum Gasteiger partial charge on any atom is 0.0108 e. The Morgan fingerprint density at radius 3 is 2.54 bits per heavy atom. The van der Waals surface area contributed by atoms with E-state index in [4.69, 9.17) is 0 Å². The van der Waals surface area contributed by atoms with Gasteiger partial charge in [-0.15, -0.1) is 0 Å². The summed E-state index contributed by atoms with van der Waals surface area (Å²) in [6, 6.07) is 0. The van der Waals surface area contributed by atoms with Crippen molar-refractivity contribution >= 4 is 0 Å². The topological polar surface area (TPSA) is 0 Å². The fourth-order valence-electron chi connectivity index (χ4n) is 2.32. The summed E-state index contributed by atoms with van der Waals surface area (Å²) in [6.07, 6.45) is 14.7. The first-order valence-corrected chi connectivity index (χ1v) is 5.05. The minimum absolute atomic E-state index is 0.616. The standard InChI is InChI=1S/C13H16/c1-3-11-7-5-9-12-8-4-6-10(2)13(11)12/h4-9,12-13H,3H2,1-2H3. The lowest BCUT2D eigenvalue weighted by atomic mass is 9.74. The van der Waals surface area contributed by atoms with Gasteiger partial charge in [0.1, 0.15) is 0 Å². The summed E-state index contributed by atoms with van der Waals surface area (Å²) in [6.45, 7) is 4.48. The van der Waals surface area contributed by atoms with Crippen LogP contribution in [-0.2, 0) is 0 Å². The van der Waals surface area contributed by atoms with Crippen LogP contribution >= 0.6 is 0 Å². The van der Waals surface area contributed by atoms with E-state index in [2.05, 4.69) is 50.3 Å². The summed E-state index contributed by atoms with van der Waals surface area (Å²) < 4.78 is 0. The molecule has 13 heavy (non-hydrogen) atoms. The van der Waals surface area contributed by atoms with Gasteiger partial charge in [-0.2, -0.15) is 0 Å². The molecule has 2 aliphatic carbocycles. The van der Waals surface area contributed by atoms with Crippen LogP contribution in [0.4, 0.5) is 0 Å². The van der Waals surface area contributed by atoms with Crippen LogP contribution in [0.5, 0.6) is 0 Å². The molecule has 0 saturated heterocycles. The minimum Gasteiger partial charge on any atom is -0.0767 e. The Kier molecular flexibility index (Phi) is 2.22. The van der Waals surface area contributed by atoms with Crippen LogP contribution in [0, 0.1) is 11.8 Å². The molecule has 0 aromatic heterocycles. The Bertz CT molecular complexity index is 313. The number of allylic oxidation sites excluding steroid dienone is 8. The second kappa shape index (κ2) is 3.37. The molecular weight excluding hydrogens is 156 g/mol. The van der Waals surface area contributed by atoms with Crippen LogP contribution in [0.1, 0.15) is 20.3 Å². The summed E-state index contributed by atoms with van der Waals surface area (Å²) >= 11 is 0. The lowest BCUT2D eigenvalue weighted by Gasteiger charge is -2.30. The van der Waals surface area contributed by atoms with Crippen molar-refractivity contribution in [1.29, 1.82) is 0 Å². The predicted molar refractivity (Wildman–Crippen MR) is 57.4 cm³/mol. The van der Waals surface area contributed by atoms with Crippen molar-refractivity contribution in [1.82, 2.24) is 0 Å². The molecule has 0 fully saturated rings. The first-order chi connectivity index (χ1) is 6.33. The Morgan fingerprint density at radius 1 is 1.15 bits per heavy atom. The summed E-state index contributed by atoms with van der Waals surface area (Å²) in [5.74, 6) is 1.27. The number of hydrogen-bond donors (Lipinski definition) is 0. The molecule has 0 aliphatic heterocycles. The van der Waals surface area contributed by atoms with Gasteiger partial charge in [-0.25, -0.2) is 0 Å². The third-order valence-electron chi connectivity index (χ3n) is 3.02. The van der Waals surface area contributed by atoms with Crippen LogP contribution < -0.4 is 0 Å². The molecule has 0 amide bonds. The molecule has 0 bridgehead atoms. The van der Waals surface area contributed by atoms with Crippen molar-refractivity contribution in [3.8, 4) is 0 Å². The van der Waals surface area contributed by atoms with Crippen LogP contribution in [0.2, 0.25) is 0 Å². The van der Waals surface area contributed by atoms with E-state index in [1.165, 1.54) is 12.0 Å². The fourth-order valence-corrected chi connectivity index (χ4v) is 2.32. The van der Waals surface area contributed by atoms with E-state index in [1.54, 1.807) is 5.57 Å². The molecule has 0 heteroatoms. The van der Waals surface area contributed by atoms with Gasteiger partial charge in [0.2, 0.25) is 0 Å². The largest absolute Gasteiger partial charge is 0.0767 e. The van der Waals surface area contributed by atoms with E-state index in [0.29, 0.717) is 11.8 Å². The first kappa shape index (κ1) is 8.55. The van der Waals surface area contributed by atoms with Gasteiger partial charge in [0.05, 0.1) is 0 Å². The molecule has 0 spiro atoms. The van der Waals surface area contributed by atoms with Crippen molar-refractivity contribution in [3.05, 3.63) is 47.6 Å². The molecule has 2 rings (SSSR count). The van der Waals surface area contributed by atoms with E-state index >= 15 is 0 Å². The van der Waals surface area contributed by atoms with E-state index in [9.17, 15) is 0 Å². The summed E-state index contributed by atoms with van der Waals surface area (Å²) in [5, 5.41) is 0. The van der Waals surface area contributed by atoms with Gasteiger partial charge in [0.15, 0.2) is 0 Å². The second-order valence-corrected chi connectivity index (χ2v) is 3.83. The van der Waals surface area contributed by atoms with Crippen LogP contribution in [0.15, 0.2) is 47.6 Å². The normalized spacial score (nSPS) is 30.9. The monoisotopic (exact) mass is 172 g/mol. The molecule has 68 valence electrons. The van der Waals surface area contributed by atoms with E-state index in [1.807, 2.05) is 0 Å². The SMILES string of the molecule is CCC1=CC=CC2C=CC=C(C)C12. The molecule has 2 atom stereocenters. The highest BCUT2D eigenvalue weighted by Crippen LogP contribution is 2.36. The molecule has 0 N–H and O–H groups in total. The zero-order chi connectivity index (χ0) is 9.26. The van der Waals surface area contributed by atoms with E-state index in [0.717, 1.165) is 0 Å². The summed E-state index contributed by atoms with van der Waals surface area (Å²) in [7, 11) is 0. The van der Waals surface area contributed by atoms with Gasteiger partial charge in [0, 0.05) is 11.8 Å². The van der Waals surface area contributed by atoms with E-state index < -0.39 is 0 Å². The minimum atomic E-state index is 0.616. The van der Waals surface area contributed by atoms with Crippen molar-refractivity contribution in [3.63, 3.8) is 0 Å². The third kappa shape index (κ3) is 1.41. The third-order valence-corrected chi connectivity index (χ3v) is 3.02. The van der Waals surface area contributed by atoms with Gasteiger partial charge in [0.25, 0.3) is 0 Å². The summed E-state index contributed by atoms with van der Waals surface area (Å²) in [4.78, 5) is 0. The highest BCUT2D eigenvalue weighted by Gasteiger charge is 2.24. The van der Waals surface area contributed by atoms with Crippen molar-refractivity contribution in [2.75, 3.05) is 0 Å². The van der Waals surface area contributed by atoms with Gasteiger partial charge in [-0.05, 0) is 13.3 Å². The Labute approximate surface area is 80.3 Å². The van der Waals surface area contributed by atoms with Crippen LogP contribution in [0.25, 0.3) is 0 Å². The number of rotatable bonds is 1.